The van der Waals surface area contributed by atoms with Gasteiger partial charge in [-0.15, -0.1) is 0 Å². The zero-order valence-corrected chi connectivity index (χ0v) is 17.4. The summed E-state index contributed by atoms with van der Waals surface area (Å²) in [5.41, 5.74) is -0.632. The molecule has 1 heterocycles. The molecule has 0 radical (unpaired) electrons. The minimum absolute atomic E-state index is 0.0660. The Morgan fingerprint density at radius 1 is 1.17 bits per heavy atom. The standard InChI is InChI=1S/C20H15BrF3N3O3/c1-10-26-19(30-9-12-3-5-13(22)8-15(12)24)17(21)20(29)27(10)16-7-11(18(28)25-2)4-6-14(16)23/h3-8H,9H2,1-2H3,(H,25,28). The molecular formula is C20H15BrF3N3O3. The molecule has 156 valence electrons. The van der Waals surface area contributed by atoms with Crippen molar-refractivity contribution in [1.82, 2.24) is 14.9 Å². The number of hydrogen-bond acceptors (Lipinski definition) is 4. The van der Waals surface area contributed by atoms with Gasteiger partial charge in [-0.3, -0.25) is 14.2 Å². The van der Waals surface area contributed by atoms with Crippen LogP contribution in [-0.2, 0) is 6.61 Å². The van der Waals surface area contributed by atoms with E-state index in [-0.39, 0.29) is 39.6 Å². The summed E-state index contributed by atoms with van der Waals surface area (Å²) >= 11 is 3.08. The molecule has 10 heteroatoms. The van der Waals surface area contributed by atoms with Crippen molar-refractivity contribution in [3.8, 4) is 11.6 Å². The van der Waals surface area contributed by atoms with Crippen LogP contribution >= 0.6 is 15.9 Å². The average Bonchev–Trinajstić information content (AvgIpc) is 2.71. The summed E-state index contributed by atoms with van der Waals surface area (Å²) in [6.07, 6.45) is 0. The monoisotopic (exact) mass is 481 g/mol. The highest BCUT2D eigenvalue weighted by Crippen LogP contribution is 2.23. The maximum absolute atomic E-state index is 14.4. The van der Waals surface area contributed by atoms with Gasteiger partial charge in [-0.2, -0.15) is 4.98 Å². The molecule has 0 aliphatic carbocycles. The van der Waals surface area contributed by atoms with E-state index in [9.17, 15) is 22.8 Å². The predicted molar refractivity (Wildman–Crippen MR) is 106 cm³/mol. The molecule has 0 aliphatic heterocycles. The Labute approximate surface area is 177 Å². The lowest BCUT2D eigenvalue weighted by Gasteiger charge is -2.15. The molecule has 30 heavy (non-hydrogen) atoms. The largest absolute Gasteiger partial charge is 0.472 e. The maximum atomic E-state index is 14.4. The summed E-state index contributed by atoms with van der Waals surface area (Å²) in [6, 6.07) is 6.59. The fraction of sp³-hybridized carbons (Fsp3) is 0.150. The SMILES string of the molecule is CNC(=O)c1ccc(F)c(-n2c(C)nc(OCc3ccc(F)cc3F)c(Br)c2=O)c1. The van der Waals surface area contributed by atoms with Crippen molar-refractivity contribution < 1.29 is 22.7 Å². The van der Waals surface area contributed by atoms with Crippen molar-refractivity contribution in [3.05, 3.63) is 85.6 Å². The van der Waals surface area contributed by atoms with Crippen molar-refractivity contribution >= 4 is 21.8 Å². The van der Waals surface area contributed by atoms with E-state index in [2.05, 4.69) is 26.2 Å². The number of carbonyl (C=O) groups excluding carboxylic acids is 1. The smallest absolute Gasteiger partial charge is 0.276 e. The molecule has 1 aromatic heterocycles. The van der Waals surface area contributed by atoms with Crippen LogP contribution in [0.5, 0.6) is 5.88 Å². The first-order chi connectivity index (χ1) is 14.2. The molecule has 3 aromatic rings. The van der Waals surface area contributed by atoms with Crippen LogP contribution in [0.25, 0.3) is 5.69 Å². The Morgan fingerprint density at radius 3 is 2.57 bits per heavy atom. The van der Waals surface area contributed by atoms with Crippen molar-refractivity contribution in [2.24, 2.45) is 0 Å². The van der Waals surface area contributed by atoms with Gasteiger partial charge in [-0.05, 0) is 53.2 Å². The molecule has 0 bridgehead atoms. The van der Waals surface area contributed by atoms with Gasteiger partial charge in [0, 0.05) is 24.2 Å². The number of aromatic nitrogens is 2. The van der Waals surface area contributed by atoms with E-state index in [1.54, 1.807) is 0 Å². The molecule has 0 aliphatic rings. The zero-order chi connectivity index (χ0) is 22.0. The number of benzene rings is 2. The zero-order valence-electron chi connectivity index (χ0n) is 15.8. The third-order valence-electron chi connectivity index (χ3n) is 4.22. The molecule has 3 rings (SSSR count). The third-order valence-corrected chi connectivity index (χ3v) is 4.90. The number of aryl methyl sites for hydroxylation is 1. The highest BCUT2D eigenvalue weighted by Gasteiger charge is 2.19. The molecule has 1 amide bonds. The van der Waals surface area contributed by atoms with Crippen LogP contribution < -0.4 is 15.6 Å². The van der Waals surface area contributed by atoms with Gasteiger partial charge in [0.2, 0.25) is 5.88 Å². The first-order valence-corrected chi connectivity index (χ1v) is 9.40. The minimum atomic E-state index is -0.802. The second-order valence-corrected chi connectivity index (χ2v) is 6.98. The fourth-order valence-corrected chi connectivity index (χ4v) is 3.10. The second-order valence-electron chi connectivity index (χ2n) is 6.19. The normalized spacial score (nSPS) is 10.7. The van der Waals surface area contributed by atoms with E-state index in [1.165, 1.54) is 32.2 Å². The van der Waals surface area contributed by atoms with Crippen molar-refractivity contribution in [2.45, 2.75) is 13.5 Å². The number of ether oxygens (including phenoxy) is 1. The topological polar surface area (TPSA) is 73.2 Å². The number of carbonyl (C=O) groups is 1. The highest BCUT2D eigenvalue weighted by molar-refractivity contribution is 9.10. The number of nitrogens with one attached hydrogen (secondary N) is 1. The fourth-order valence-electron chi connectivity index (χ4n) is 2.72. The first kappa shape index (κ1) is 21.6. The molecule has 1 N–H and O–H groups in total. The average molecular weight is 482 g/mol. The Balaban J connectivity index is 2.00. The Hall–Kier alpha value is -3.14. The number of amides is 1. The van der Waals surface area contributed by atoms with Crippen LogP contribution in [0.1, 0.15) is 21.7 Å². The highest BCUT2D eigenvalue weighted by atomic mass is 79.9. The van der Waals surface area contributed by atoms with Crippen LogP contribution in [0.15, 0.2) is 45.7 Å². The van der Waals surface area contributed by atoms with Gasteiger partial charge in [-0.1, -0.05) is 0 Å². The van der Waals surface area contributed by atoms with Crippen LogP contribution in [0.4, 0.5) is 13.2 Å². The summed E-state index contributed by atoms with van der Waals surface area (Å²) in [5, 5.41) is 2.42. The van der Waals surface area contributed by atoms with E-state index < -0.39 is 28.9 Å². The summed E-state index contributed by atoms with van der Waals surface area (Å²) < 4.78 is 47.5. The van der Waals surface area contributed by atoms with E-state index >= 15 is 0 Å². The van der Waals surface area contributed by atoms with Crippen LogP contribution in [-0.4, -0.2) is 22.5 Å². The summed E-state index contributed by atoms with van der Waals surface area (Å²) in [5.74, 6) is -2.77. The molecule has 2 aromatic carbocycles. The minimum Gasteiger partial charge on any atom is -0.472 e. The lowest BCUT2D eigenvalue weighted by Crippen LogP contribution is -2.25. The molecule has 6 nitrogen and oxygen atoms in total. The predicted octanol–water partition coefficient (Wildman–Crippen LogP) is 3.66. The Kier molecular flexibility index (Phi) is 6.25. The van der Waals surface area contributed by atoms with Crippen LogP contribution in [0, 0.1) is 24.4 Å². The van der Waals surface area contributed by atoms with Gasteiger partial charge in [0.15, 0.2) is 0 Å². The van der Waals surface area contributed by atoms with E-state index in [4.69, 9.17) is 4.74 Å². The summed E-state index contributed by atoms with van der Waals surface area (Å²) in [7, 11) is 1.43. The Morgan fingerprint density at radius 2 is 1.90 bits per heavy atom. The Bertz CT molecular complexity index is 1200. The van der Waals surface area contributed by atoms with E-state index in [0.29, 0.717) is 6.07 Å². The van der Waals surface area contributed by atoms with Gasteiger partial charge in [0.1, 0.15) is 34.4 Å². The van der Waals surface area contributed by atoms with E-state index in [0.717, 1.165) is 16.7 Å². The van der Waals surface area contributed by atoms with Crippen LogP contribution in [0.2, 0.25) is 0 Å². The molecule has 0 spiro atoms. The van der Waals surface area contributed by atoms with Crippen molar-refractivity contribution in [2.75, 3.05) is 7.05 Å². The summed E-state index contributed by atoms with van der Waals surface area (Å²) in [4.78, 5) is 28.8. The number of rotatable bonds is 5. The van der Waals surface area contributed by atoms with E-state index in [1.807, 2.05) is 0 Å². The molecule has 0 unspecified atom stereocenters. The number of nitrogens with zero attached hydrogens (tertiary/aromatic N) is 2. The molecular weight excluding hydrogens is 467 g/mol. The number of hydrogen-bond donors (Lipinski definition) is 1. The molecule has 0 atom stereocenters. The van der Waals surface area contributed by atoms with Gasteiger partial charge in [0.05, 0.1) is 5.69 Å². The van der Waals surface area contributed by atoms with Gasteiger partial charge < -0.3 is 10.1 Å². The van der Waals surface area contributed by atoms with Gasteiger partial charge >= 0.3 is 0 Å². The third kappa shape index (κ3) is 4.23. The summed E-state index contributed by atoms with van der Waals surface area (Å²) in [6.45, 7) is 1.15. The van der Waals surface area contributed by atoms with Crippen molar-refractivity contribution in [1.29, 1.82) is 0 Å². The second kappa shape index (κ2) is 8.70. The maximum Gasteiger partial charge on any atom is 0.276 e. The quantitative estimate of drug-likeness (QED) is 0.603. The molecule has 0 saturated heterocycles. The van der Waals surface area contributed by atoms with Crippen molar-refractivity contribution in [3.63, 3.8) is 0 Å². The molecule has 0 fully saturated rings. The van der Waals surface area contributed by atoms with Gasteiger partial charge in [-0.25, -0.2) is 13.2 Å². The first-order valence-electron chi connectivity index (χ1n) is 8.60. The van der Waals surface area contributed by atoms with Crippen LogP contribution in [0.3, 0.4) is 0 Å². The lowest BCUT2D eigenvalue weighted by atomic mass is 10.1. The lowest BCUT2D eigenvalue weighted by molar-refractivity contribution is 0.0963. The molecule has 0 saturated carbocycles. The van der Waals surface area contributed by atoms with Gasteiger partial charge in [0.25, 0.3) is 11.5 Å². The number of halogens is 4.